The van der Waals surface area contributed by atoms with Crippen LogP contribution in [0, 0.1) is 5.92 Å². The zero-order valence-corrected chi connectivity index (χ0v) is 23.6. The second-order valence-corrected chi connectivity index (χ2v) is 11.0. The Balaban J connectivity index is 3.43. The van der Waals surface area contributed by atoms with Crippen molar-refractivity contribution in [3.05, 3.63) is 0 Å². The van der Waals surface area contributed by atoms with Gasteiger partial charge >= 0.3 is 0 Å². The first kappa shape index (κ1) is 32.9. The minimum atomic E-state index is -0.669. The van der Waals surface area contributed by atoms with Crippen molar-refractivity contribution in [1.82, 2.24) is 0 Å². The molecule has 3 atom stereocenters. The smallest absolute Gasteiger partial charge is 0.0823 e. The molecule has 200 valence electrons. The van der Waals surface area contributed by atoms with Gasteiger partial charge in [0.15, 0.2) is 0 Å². The molecule has 33 heavy (non-hydrogen) atoms. The molecule has 3 unspecified atom stereocenters. The van der Waals surface area contributed by atoms with Gasteiger partial charge < -0.3 is 10.8 Å². The largest absolute Gasteiger partial charge is 0.388 e. The molecule has 0 radical (unpaired) electrons. The van der Waals surface area contributed by atoms with Crippen LogP contribution in [-0.4, -0.2) is 16.7 Å². The monoisotopic (exact) mass is 468 g/mol. The lowest BCUT2D eigenvalue weighted by Crippen LogP contribution is -2.52. The van der Waals surface area contributed by atoms with Crippen LogP contribution in [0.1, 0.15) is 182 Å². The van der Waals surface area contributed by atoms with Crippen LogP contribution < -0.4 is 5.73 Å². The number of unbranched alkanes of at least 4 members (excludes halogenated alkanes) is 19. The van der Waals surface area contributed by atoms with E-state index >= 15 is 0 Å². The van der Waals surface area contributed by atoms with Gasteiger partial charge in [0.2, 0.25) is 0 Å². The van der Waals surface area contributed by atoms with Crippen LogP contribution in [0.2, 0.25) is 0 Å². The third-order valence-corrected chi connectivity index (χ3v) is 8.25. The van der Waals surface area contributed by atoms with Crippen molar-refractivity contribution in [2.75, 3.05) is 0 Å². The predicted molar refractivity (Wildman–Crippen MR) is 150 cm³/mol. The minimum Gasteiger partial charge on any atom is -0.388 e. The van der Waals surface area contributed by atoms with Gasteiger partial charge in [0.25, 0.3) is 0 Å². The van der Waals surface area contributed by atoms with Crippen LogP contribution in [0.15, 0.2) is 0 Å². The fourth-order valence-corrected chi connectivity index (χ4v) is 5.66. The van der Waals surface area contributed by atoms with Gasteiger partial charge in [0.1, 0.15) is 0 Å². The van der Waals surface area contributed by atoms with E-state index in [2.05, 4.69) is 27.7 Å². The lowest BCUT2D eigenvalue weighted by molar-refractivity contribution is -0.0507. The maximum Gasteiger partial charge on any atom is 0.0823 e. The van der Waals surface area contributed by atoms with Crippen molar-refractivity contribution in [1.29, 1.82) is 0 Å². The van der Waals surface area contributed by atoms with Crippen molar-refractivity contribution in [3.8, 4) is 0 Å². The Morgan fingerprint density at radius 1 is 0.515 bits per heavy atom. The zero-order chi connectivity index (χ0) is 24.6. The van der Waals surface area contributed by atoms with Gasteiger partial charge in [-0.25, -0.2) is 0 Å². The Bertz CT molecular complexity index is 385. The SMILES string of the molecule is CCCCCCCCCCCCCCCCCCCCCCC(CC)C(O)(CC)C(N)CC. The topological polar surface area (TPSA) is 46.2 Å². The fraction of sp³-hybridized carbons (Fsp3) is 1.00. The number of rotatable bonds is 26. The average Bonchev–Trinajstić information content (AvgIpc) is 2.84. The van der Waals surface area contributed by atoms with E-state index < -0.39 is 5.60 Å². The highest BCUT2D eigenvalue weighted by Gasteiger charge is 2.38. The summed E-state index contributed by atoms with van der Waals surface area (Å²) in [6.07, 6.45) is 32.3. The van der Waals surface area contributed by atoms with E-state index in [4.69, 9.17) is 5.73 Å². The van der Waals surface area contributed by atoms with Crippen LogP contribution in [-0.2, 0) is 0 Å². The highest BCUT2D eigenvalue weighted by molar-refractivity contribution is 4.93. The number of hydrogen-bond acceptors (Lipinski definition) is 2. The van der Waals surface area contributed by atoms with Gasteiger partial charge in [-0.2, -0.15) is 0 Å². The molecular weight excluding hydrogens is 402 g/mol. The Morgan fingerprint density at radius 2 is 0.848 bits per heavy atom. The maximum atomic E-state index is 11.1. The quantitative estimate of drug-likeness (QED) is 0.124. The molecule has 0 amide bonds. The molecule has 0 fully saturated rings. The molecule has 0 aliphatic carbocycles. The van der Waals surface area contributed by atoms with Crippen LogP contribution in [0.3, 0.4) is 0 Å². The van der Waals surface area contributed by atoms with E-state index in [-0.39, 0.29) is 6.04 Å². The first-order valence-electron chi connectivity index (χ1n) is 15.5. The molecule has 0 saturated heterocycles. The maximum absolute atomic E-state index is 11.1. The van der Waals surface area contributed by atoms with Crippen molar-refractivity contribution in [3.63, 3.8) is 0 Å². The zero-order valence-electron chi connectivity index (χ0n) is 23.6. The molecule has 0 aromatic carbocycles. The Kier molecular flexibility index (Phi) is 23.6. The molecule has 0 aliphatic rings. The summed E-state index contributed by atoms with van der Waals surface area (Å²) in [5.41, 5.74) is 5.60. The molecule has 2 heteroatoms. The third-order valence-electron chi connectivity index (χ3n) is 8.25. The summed E-state index contributed by atoms with van der Waals surface area (Å²) in [5.74, 6) is 0.355. The van der Waals surface area contributed by atoms with Crippen molar-refractivity contribution < 1.29 is 5.11 Å². The van der Waals surface area contributed by atoms with Crippen LogP contribution >= 0.6 is 0 Å². The van der Waals surface area contributed by atoms with E-state index in [9.17, 15) is 5.11 Å². The van der Waals surface area contributed by atoms with Crippen molar-refractivity contribution >= 4 is 0 Å². The van der Waals surface area contributed by atoms with E-state index in [1.807, 2.05) is 0 Å². The Hall–Kier alpha value is -0.0800. The lowest BCUT2D eigenvalue weighted by Gasteiger charge is -2.40. The van der Waals surface area contributed by atoms with Gasteiger partial charge in [-0.1, -0.05) is 163 Å². The van der Waals surface area contributed by atoms with Crippen LogP contribution in [0.4, 0.5) is 0 Å². The standard InChI is InChI=1S/C31H65NO/c1-5-9-10-11-12-13-14-15-16-17-18-19-20-21-22-23-24-25-26-27-28-29(6-2)31(33,8-4)30(32)7-3/h29-30,33H,5-28,32H2,1-4H3. The third kappa shape index (κ3) is 17.1. The summed E-state index contributed by atoms with van der Waals surface area (Å²) in [6.45, 7) is 8.70. The molecule has 0 aromatic heterocycles. The second-order valence-electron chi connectivity index (χ2n) is 11.0. The van der Waals surface area contributed by atoms with E-state index in [0.717, 1.165) is 25.7 Å². The van der Waals surface area contributed by atoms with Crippen molar-refractivity contribution in [2.45, 2.75) is 193 Å². The summed E-state index contributed by atoms with van der Waals surface area (Å²) in [6, 6.07) is -0.0856. The van der Waals surface area contributed by atoms with Crippen LogP contribution in [0.25, 0.3) is 0 Å². The molecule has 0 spiro atoms. The lowest BCUT2D eigenvalue weighted by atomic mass is 9.74. The average molecular weight is 468 g/mol. The molecule has 0 bridgehead atoms. The summed E-state index contributed by atoms with van der Waals surface area (Å²) in [7, 11) is 0. The highest BCUT2D eigenvalue weighted by atomic mass is 16.3. The summed E-state index contributed by atoms with van der Waals surface area (Å²) >= 11 is 0. The Labute approximate surface area is 210 Å². The van der Waals surface area contributed by atoms with E-state index in [0.29, 0.717) is 5.92 Å². The van der Waals surface area contributed by atoms with E-state index in [1.54, 1.807) is 0 Å². The number of nitrogens with two attached hydrogens (primary N) is 1. The number of hydrogen-bond donors (Lipinski definition) is 2. The van der Waals surface area contributed by atoms with Gasteiger partial charge in [-0.15, -0.1) is 0 Å². The van der Waals surface area contributed by atoms with Gasteiger partial charge in [-0.05, 0) is 25.2 Å². The summed E-state index contributed by atoms with van der Waals surface area (Å²) < 4.78 is 0. The molecule has 0 heterocycles. The highest BCUT2D eigenvalue weighted by Crippen LogP contribution is 2.32. The van der Waals surface area contributed by atoms with Crippen molar-refractivity contribution in [2.24, 2.45) is 11.7 Å². The predicted octanol–water partition coefficient (Wildman–Crippen LogP) is 10.1. The first-order chi connectivity index (χ1) is 16.1. The molecule has 0 aliphatic heterocycles. The van der Waals surface area contributed by atoms with E-state index in [1.165, 1.54) is 128 Å². The summed E-state index contributed by atoms with van der Waals surface area (Å²) in [4.78, 5) is 0. The molecule has 3 N–H and O–H groups in total. The molecule has 0 saturated carbocycles. The summed E-state index contributed by atoms with van der Waals surface area (Å²) in [5, 5.41) is 11.1. The second kappa shape index (κ2) is 23.7. The first-order valence-corrected chi connectivity index (χ1v) is 15.5. The normalized spacial score (nSPS) is 15.5. The van der Waals surface area contributed by atoms with Gasteiger partial charge in [0.05, 0.1) is 5.60 Å². The minimum absolute atomic E-state index is 0.0856. The van der Waals surface area contributed by atoms with Gasteiger partial charge in [-0.3, -0.25) is 0 Å². The molecule has 2 nitrogen and oxygen atoms in total. The van der Waals surface area contributed by atoms with Gasteiger partial charge in [0, 0.05) is 6.04 Å². The number of aliphatic hydroxyl groups is 1. The fourth-order valence-electron chi connectivity index (χ4n) is 5.66. The molecule has 0 rings (SSSR count). The molecular formula is C31H65NO. The molecule has 0 aromatic rings. The Morgan fingerprint density at radius 3 is 1.12 bits per heavy atom. The van der Waals surface area contributed by atoms with Crippen LogP contribution in [0.5, 0.6) is 0 Å².